The maximum Gasteiger partial charge on any atom is 0.335 e. The summed E-state index contributed by atoms with van der Waals surface area (Å²) in [6.07, 6.45) is 2.76. The molecule has 0 bridgehead atoms. The summed E-state index contributed by atoms with van der Waals surface area (Å²) in [5, 5.41) is 12.2. The van der Waals surface area contributed by atoms with E-state index in [9.17, 15) is 4.79 Å². The summed E-state index contributed by atoms with van der Waals surface area (Å²) in [6.45, 7) is 2.43. The van der Waals surface area contributed by atoms with Gasteiger partial charge in [-0.05, 0) is 36.2 Å². The summed E-state index contributed by atoms with van der Waals surface area (Å²) in [7, 11) is 0. The molecule has 0 unspecified atom stereocenters. The van der Waals surface area contributed by atoms with E-state index in [2.05, 4.69) is 10.3 Å². The van der Waals surface area contributed by atoms with Crippen molar-refractivity contribution in [3.63, 3.8) is 0 Å². The van der Waals surface area contributed by atoms with E-state index >= 15 is 0 Å². The van der Waals surface area contributed by atoms with Crippen molar-refractivity contribution < 1.29 is 9.90 Å². The predicted molar refractivity (Wildman–Crippen MR) is 88.9 cm³/mol. The highest BCUT2D eigenvalue weighted by Crippen LogP contribution is 2.04. The van der Waals surface area contributed by atoms with Gasteiger partial charge < -0.3 is 10.4 Å². The Morgan fingerprint density at radius 2 is 1.77 bits per heavy atom. The Balaban J connectivity index is 1.61. The maximum atomic E-state index is 10.7. The number of aliphatic imine (C=N–C) groups is 1. The van der Waals surface area contributed by atoms with E-state index in [0.29, 0.717) is 5.56 Å². The van der Waals surface area contributed by atoms with Crippen LogP contribution in [0.15, 0.2) is 59.6 Å². The zero-order valence-electron chi connectivity index (χ0n) is 12.4. The molecule has 0 fully saturated rings. The summed E-state index contributed by atoms with van der Waals surface area (Å²) < 4.78 is 0. The van der Waals surface area contributed by atoms with Crippen molar-refractivity contribution >= 4 is 12.2 Å². The highest BCUT2D eigenvalue weighted by molar-refractivity contribution is 5.87. The Morgan fingerprint density at radius 1 is 1.05 bits per heavy atom. The summed E-state index contributed by atoms with van der Waals surface area (Å²) in [5.41, 5.74) is 2.57. The number of hydrogen-bond acceptors (Lipinski definition) is 3. The molecule has 0 radical (unpaired) electrons. The molecule has 0 aromatic heterocycles. The lowest BCUT2D eigenvalue weighted by atomic mass is 10.1. The van der Waals surface area contributed by atoms with E-state index in [1.54, 1.807) is 12.1 Å². The van der Waals surface area contributed by atoms with E-state index in [0.717, 1.165) is 37.2 Å². The van der Waals surface area contributed by atoms with E-state index in [1.165, 1.54) is 0 Å². The fourth-order valence-corrected chi connectivity index (χ4v) is 2.02. The van der Waals surface area contributed by atoms with Crippen LogP contribution in [-0.4, -0.2) is 36.9 Å². The average Bonchev–Trinajstić information content (AvgIpc) is 2.55. The number of nitrogens with one attached hydrogen (secondary N) is 1. The van der Waals surface area contributed by atoms with Gasteiger partial charge in [0.1, 0.15) is 0 Å². The quantitative estimate of drug-likeness (QED) is 0.581. The molecule has 0 spiro atoms. The van der Waals surface area contributed by atoms with Gasteiger partial charge >= 0.3 is 5.97 Å². The van der Waals surface area contributed by atoms with Crippen LogP contribution in [0, 0.1) is 0 Å². The molecular formula is C18H20N2O2. The van der Waals surface area contributed by atoms with E-state index in [1.807, 2.05) is 48.7 Å². The molecule has 0 aliphatic carbocycles. The third kappa shape index (κ3) is 5.50. The molecule has 114 valence electrons. The Bertz CT molecular complexity index is 607. The van der Waals surface area contributed by atoms with Crippen molar-refractivity contribution in [2.24, 2.45) is 4.99 Å². The maximum absolute atomic E-state index is 10.7. The van der Waals surface area contributed by atoms with Crippen LogP contribution in [0.1, 0.15) is 21.5 Å². The van der Waals surface area contributed by atoms with Crippen molar-refractivity contribution in [3.05, 3.63) is 71.3 Å². The second kappa shape index (κ2) is 8.74. The van der Waals surface area contributed by atoms with Gasteiger partial charge in [0.25, 0.3) is 0 Å². The average molecular weight is 296 g/mol. The Morgan fingerprint density at radius 3 is 2.45 bits per heavy atom. The number of nitrogens with zero attached hydrogens (tertiary/aromatic N) is 1. The first-order valence-corrected chi connectivity index (χ1v) is 7.33. The first-order chi connectivity index (χ1) is 10.8. The van der Waals surface area contributed by atoms with Crippen LogP contribution < -0.4 is 5.32 Å². The van der Waals surface area contributed by atoms with Gasteiger partial charge in [0, 0.05) is 12.8 Å². The molecule has 0 aliphatic heterocycles. The molecule has 2 aromatic carbocycles. The molecule has 0 aliphatic rings. The standard InChI is InChI=1S/C18H20N2O2/c21-18(22)17-8-6-15(7-9-17)10-11-19-12-13-20-14-16-4-2-1-3-5-16/h1-9,14,19H,10-13H2,(H,21,22). The summed E-state index contributed by atoms with van der Waals surface area (Å²) >= 11 is 0. The molecule has 0 saturated heterocycles. The topological polar surface area (TPSA) is 61.7 Å². The molecule has 2 rings (SSSR count). The molecule has 0 heterocycles. The van der Waals surface area contributed by atoms with Crippen LogP contribution in [0.5, 0.6) is 0 Å². The first kappa shape index (κ1) is 15.9. The third-order valence-electron chi connectivity index (χ3n) is 3.25. The molecule has 4 nitrogen and oxygen atoms in total. The number of carboxylic acids is 1. The van der Waals surface area contributed by atoms with Gasteiger partial charge in [-0.15, -0.1) is 0 Å². The second-order valence-corrected chi connectivity index (χ2v) is 4.95. The number of carboxylic acid groups (broad SMARTS) is 1. The molecule has 0 saturated carbocycles. The molecule has 0 atom stereocenters. The molecule has 2 N–H and O–H groups in total. The lowest BCUT2D eigenvalue weighted by Gasteiger charge is -2.04. The Kier molecular flexibility index (Phi) is 6.33. The normalized spacial score (nSPS) is 10.9. The number of carbonyl (C=O) groups is 1. The van der Waals surface area contributed by atoms with Gasteiger partial charge in [-0.3, -0.25) is 4.99 Å². The van der Waals surface area contributed by atoms with Gasteiger partial charge in [0.2, 0.25) is 0 Å². The number of aromatic carboxylic acids is 1. The summed E-state index contributed by atoms with van der Waals surface area (Å²) in [4.78, 5) is 15.1. The lowest BCUT2D eigenvalue weighted by Crippen LogP contribution is -2.20. The van der Waals surface area contributed by atoms with Gasteiger partial charge in [-0.2, -0.15) is 0 Å². The van der Waals surface area contributed by atoms with E-state index in [-0.39, 0.29) is 0 Å². The molecule has 22 heavy (non-hydrogen) atoms. The third-order valence-corrected chi connectivity index (χ3v) is 3.25. The SMILES string of the molecule is O=C(O)c1ccc(CCNCCN=Cc2ccccc2)cc1. The van der Waals surface area contributed by atoms with Crippen LogP contribution in [0.4, 0.5) is 0 Å². The van der Waals surface area contributed by atoms with Crippen LogP contribution in [0.2, 0.25) is 0 Å². The van der Waals surface area contributed by atoms with Crippen molar-refractivity contribution in [1.29, 1.82) is 0 Å². The Labute approximate surface area is 130 Å². The zero-order chi connectivity index (χ0) is 15.6. The number of benzene rings is 2. The van der Waals surface area contributed by atoms with Crippen LogP contribution in [0.3, 0.4) is 0 Å². The summed E-state index contributed by atoms with van der Waals surface area (Å²) in [5.74, 6) is -0.888. The van der Waals surface area contributed by atoms with E-state index < -0.39 is 5.97 Å². The van der Waals surface area contributed by atoms with Crippen LogP contribution in [0.25, 0.3) is 0 Å². The summed E-state index contributed by atoms with van der Waals surface area (Å²) in [6, 6.07) is 17.0. The minimum absolute atomic E-state index is 0.326. The van der Waals surface area contributed by atoms with Gasteiger partial charge in [-0.1, -0.05) is 42.5 Å². The van der Waals surface area contributed by atoms with Crippen molar-refractivity contribution in [2.75, 3.05) is 19.6 Å². The van der Waals surface area contributed by atoms with Gasteiger partial charge in [-0.25, -0.2) is 4.79 Å². The van der Waals surface area contributed by atoms with Gasteiger partial charge in [0.15, 0.2) is 0 Å². The lowest BCUT2D eigenvalue weighted by molar-refractivity contribution is 0.0697. The van der Waals surface area contributed by atoms with E-state index in [4.69, 9.17) is 5.11 Å². The monoisotopic (exact) mass is 296 g/mol. The highest BCUT2D eigenvalue weighted by Gasteiger charge is 2.01. The zero-order valence-corrected chi connectivity index (χ0v) is 12.4. The van der Waals surface area contributed by atoms with Crippen LogP contribution in [-0.2, 0) is 6.42 Å². The minimum Gasteiger partial charge on any atom is -0.478 e. The van der Waals surface area contributed by atoms with Crippen LogP contribution >= 0.6 is 0 Å². The first-order valence-electron chi connectivity index (χ1n) is 7.33. The highest BCUT2D eigenvalue weighted by atomic mass is 16.4. The second-order valence-electron chi connectivity index (χ2n) is 4.95. The fraction of sp³-hybridized carbons (Fsp3) is 0.222. The van der Waals surface area contributed by atoms with Crippen molar-refractivity contribution in [1.82, 2.24) is 5.32 Å². The van der Waals surface area contributed by atoms with Crippen molar-refractivity contribution in [2.45, 2.75) is 6.42 Å². The molecular weight excluding hydrogens is 276 g/mol. The Hall–Kier alpha value is -2.46. The predicted octanol–water partition coefficient (Wildman–Crippen LogP) is 2.64. The smallest absolute Gasteiger partial charge is 0.335 e. The number of hydrogen-bond donors (Lipinski definition) is 2. The van der Waals surface area contributed by atoms with Crippen molar-refractivity contribution in [3.8, 4) is 0 Å². The molecule has 4 heteroatoms. The number of rotatable bonds is 8. The van der Waals surface area contributed by atoms with Gasteiger partial charge in [0.05, 0.1) is 12.1 Å². The molecule has 2 aromatic rings. The largest absolute Gasteiger partial charge is 0.478 e. The minimum atomic E-state index is -0.888. The fourth-order valence-electron chi connectivity index (χ4n) is 2.02. The molecule has 0 amide bonds.